The van der Waals surface area contributed by atoms with Crippen LogP contribution in [0.2, 0.25) is 0 Å². The Hall–Kier alpha value is -2.99. The summed E-state index contributed by atoms with van der Waals surface area (Å²) in [6.07, 6.45) is -1.26. The van der Waals surface area contributed by atoms with E-state index >= 15 is 0 Å². The minimum atomic E-state index is -4.65. The number of amides is 2. The van der Waals surface area contributed by atoms with E-state index in [0.717, 1.165) is 22.5 Å². The maximum absolute atomic E-state index is 12.9. The van der Waals surface area contributed by atoms with Gasteiger partial charge in [-0.05, 0) is 43.2 Å². The zero-order valence-electron chi connectivity index (χ0n) is 16.8. The SMILES string of the molecule is O=C(CNC(=O)C1CCN(S(=O)(=O)c2cccc(C(F)(F)F)c2)CC1)Nc1cccnc1. The van der Waals surface area contributed by atoms with Gasteiger partial charge in [-0.15, -0.1) is 0 Å². The van der Waals surface area contributed by atoms with Crippen molar-refractivity contribution >= 4 is 27.5 Å². The van der Waals surface area contributed by atoms with Crippen molar-refractivity contribution < 1.29 is 31.2 Å². The second-order valence-corrected chi connectivity index (χ2v) is 9.15. The standard InChI is InChI=1S/C20H21F3N4O4S/c21-20(22,23)15-3-1-5-17(11-15)32(30,31)27-9-6-14(7-10-27)19(29)25-13-18(28)26-16-4-2-8-24-12-16/h1-5,8,11-12,14H,6-7,9-10,13H2,(H,25,29)(H,26,28). The molecule has 0 saturated carbocycles. The molecule has 0 atom stereocenters. The van der Waals surface area contributed by atoms with Crippen LogP contribution in [0.1, 0.15) is 18.4 Å². The van der Waals surface area contributed by atoms with Crippen molar-refractivity contribution in [1.29, 1.82) is 0 Å². The molecule has 0 bridgehead atoms. The molecule has 0 spiro atoms. The normalized spacial score (nSPS) is 15.8. The first-order chi connectivity index (χ1) is 15.1. The number of hydrogen-bond donors (Lipinski definition) is 2. The highest BCUT2D eigenvalue weighted by Gasteiger charge is 2.35. The number of benzene rings is 1. The fraction of sp³-hybridized carbons (Fsp3) is 0.350. The van der Waals surface area contributed by atoms with Crippen molar-refractivity contribution in [2.75, 3.05) is 25.0 Å². The van der Waals surface area contributed by atoms with Crippen LogP contribution in [0, 0.1) is 5.92 Å². The Morgan fingerprint density at radius 1 is 1.12 bits per heavy atom. The van der Waals surface area contributed by atoms with E-state index in [1.807, 2.05) is 0 Å². The molecule has 0 radical (unpaired) electrons. The lowest BCUT2D eigenvalue weighted by Gasteiger charge is -2.30. The number of anilines is 1. The van der Waals surface area contributed by atoms with Crippen molar-refractivity contribution in [3.63, 3.8) is 0 Å². The molecule has 172 valence electrons. The summed E-state index contributed by atoms with van der Waals surface area (Å²) in [6.45, 7) is -0.284. The Morgan fingerprint density at radius 3 is 2.47 bits per heavy atom. The molecule has 1 saturated heterocycles. The van der Waals surface area contributed by atoms with Gasteiger partial charge in [0, 0.05) is 25.2 Å². The molecule has 3 rings (SSSR count). The van der Waals surface area contributed by atoms with Crippen LogP contribution in [-0.4, -0.2) is 49.2 Å². The quantitative estimate of drug-likeness (QED) is 0.673. The molecule has 1 aromatic carbocycles. The van der Waals surface area contributed by atoms with Crippen LogP contribution < -0.4 is 10.6 Å². The highest BCUT2D eigenvalue weighted by atomic mass is 32.2. The Labute approximate surface area is 182 Å². The summed E-state index contributed by atoms with van der Waals surface area (Å²) in [5.41, 5.74) is -0.558. The number of rotatable bonds is 6. The summed E-state index contributed by atoms with van der Waals surface area (Å²) in [6, 6.07) is 6.87. The van der Waals surface area contributed by atoms with Crippen molar-refractivity contribution in [1.82, 2.24) is 14.6 Å². The van der Waals surface area contributed by atoms with Gasteiger partial charge in [0.25, 0.3) is 0 Å². The van der Waals surface area contributed by atoms with Crippen molar-refractivity contribution in [3.05, 3.63) is 54.4 Å². The molecule has 1 aliphatic rings. The molecule has 1 fully saturated rings. The highest BCUT2D eigenvalue weighted by Crippen LogP contribution is 2.32. The molecule has 2 amide bonds. The van der Waals surface area contributed by atoms with Gasteiger partial charge >= 0.3 is 6.18 Å². The zero-order valence-corrected chi connectivity index (χ0v) is 17.6. The maximum atomic E-state index is 12.9. The van der Waals surface area contributed by atoms with Gasteiger partial charge in [0.15, 0.2) is 0 Å². The molecule has 8 nitrogen and oxygen atoms in total. The first kappa shape index (κ1) is 23.7. The third-order valence-corrected chi connectivity index (χ3v) is 6.89. The van der Waals surface area contributed by atoms with Gasteiger partial charge in [0.05, 0.1) is 28.9 Å². The second kappa shape index (κ2) is 9.65. The first-order valence-electron chi connectivity index (χ1n) is 9.72. The fourth-order valence-electron chi connectivity index (χ4n) is 3.29. The van der Waals surface area contributed by atoms with E-state index in [-0.39, 0.29) is 38.4 Å². The Morgan fingerprint density at radius 2 is 1.84 bits per heavy atom. The van der Waals surface area contributed by atoms with Crippen LogP contribution >= 0.6 is 0 Å². The lowest BCUT2D eigenvalue weighted by Crippen LogP contribution is -2.44. The lowest BCUT2D eigenvalue weighted by molar-refractivity contribution is -0.137. The number of halogens is 3. The smallest absolute Gasteiger partial charge is 0.347 e. The topological polar surface area (TPSA) is 108 Å². The minimum absolute atomic E-state index is 0.0153. The van der Waals surface area contributed by atoms with Gasteiger partial charge in [-0.1, -0.05) is 6.07 Å². The van der Waals surface area contributed by atoms with Gasteiger partial charge < -0.3 is 10.6 Å². The van der Waals surface area contributed by atoms with E-state index in [1.165, 1.54) is 6.20 Å². The molecule has 2 aromatic rings. The number of nitrogens with one attached hydrogen (secondary N) is 2. The van der Waals surface area contributed by atoms with Crippen molar-refractivity contribution in [3.8, 4) is 0 Å². The van der Waals surface area contributed by atoms with Crippen molar-refractivity contribution in [2.45, 2.75) is 23.9 Å². The number of carbonyl (C=O) groups excluding carboxylic acids is 2. The Balaban J connectivity index is 1.53. The van der Waals surface area contributed by atoms with Gasteiger partial charge in [0.1, 0.15) is 0 Å². The van der Waals surface area contributed by atoms with Crippen LogP contribution in [0.15, 0.2) is 53.7 Å². The lowest BCUT2D eigenvalue weighted by atomic mass is 9.97. The number of sulfonamides is 1. The van der Waals surface area contributed by atoms with Crippen LogP contribution in [0.25, 0.3) is 0 Å². The van der Waals surface area contributed by atoms with E-state index in [1.54, 1.807) is 18.3 Å². The first-order valence-corrected chi connectivity index (χ1v) is 11.2. The van der Waals surface area contributed by atoms with Crippen LogP contribution in [-0.2, 0) is 25.8 Å². The Kier molecular flexibility index (Phi) is 7.14. The average Bonchev–Trinajstić information content (AvgIpc) is 2.78. The summed E-state index contributed by atoms with van der Waals surface area (Å²) < 4.78 is 65.3. The minimum Gasteiger partial charge on any atom is -0.347 e. The summed E-state index contributed by atoms with van der Waals surface area (Å²) in [5.74, 6) is -1.33. The Bertz CT molecular complexity index is 1070. The largest absolute Gasteiger partial charge is 0.416 e. The summed E-state index contributed by atoms with van der Waals surface area (Å²) in [5, 5.41) is 5.09. The van der Waals surface area contributed by atoms with E-state index in [9.17, 15) is 31.2 Å². The van der Waals surface area contributed by atoms with Crippen molar-refractivity contribution in [2.24, 2.45) is 5.92 Å². The predicted octanol–water partition coefficient (Wildman–Crippen LogP) is 2.26. The molecule has 1 aromatic heterocycles. The molecular formula is C20H21F3N4O4S. The molecule has 32 heavy (non-hydrogen) atoms. The average molecular weight is 470 g/mol. The van der Waals surface area contributed by atoms with Gasteiger partial charge in [-0.2, -0.15) is 17.5 Å². The number of aromatic nitrogens is 1. The zero-order chi connectivity index (χ0) is 23.4. The molecule has 0 aliphatic carbocycles. The number of carbonyl (C=O) groups is 2. The summed E-state index contributed by atoms with van der Waals surface area (Å²) >= 11 is 0. The maximum Gasteiger partial charge on any atom is 0.416 e. The van der Waals surface area contributed by atoms with E-state index < -0.39 is 38.5 Å². The summed E-state index contributed by atoms with van der Waals surface area (Å²) in [7, 11) is -4.12. The summed E-state index contributed by atoms with van der Waals surface area (Å²) in [4.78, 5) is 27.7. The predicted molar refractivity (Wildman–Crippen MR) is 109 cm³/mol. The van der Waals surface area contributed by atoms with Crippen LogP contribution in [0.4, 0.5) is 18.9 Å². The monoisotopic (exact) mass is 470 g/mol. The van der Waals surface area contributed by atoms with Gasteiger partial charge in [-0.3, -0.25) is 14.6 Å². The molecule has 0 unspecified atom stereocenters. The molecule has 1 aliphatic heterocycles. The third kappa shape index (κ3) is 5.82. The molecular weight excluding hydrogens is 449 g/mol. The fourth-order valence-corrected chi connectivity index (χ4v) is 4.81. The molecule has 2 N–H and O–H groups in total. The van der Waals surface area contributed by atoms with E-state index in [0.29, 0.717) is 11.8 Å². The number of hydrogen-bond acceptors (Lipinski definition) is 5. The third-order valence-electron chi connectivity index (χ3n) is 4.99. The van der Waals surface area contributed by atoms with Crippen LogP contribution in [0.3, 0.4) is 0 Å². The number of nitrogens with zero attached hydrogens (tertiary/aromatic N) is 2. The molecule has 2 heterocycles. The van der Waals surface area contributed by atoms with E-state index in [2.05, 4.69) is 15.6 Å². The van der Waals surface area contributed by atoms with Gasteiger partial charge in [0.2, 0.25) is 21.8 Å². The van der Waals surface area contributed by atoms with E-state index in [4.69, 9.17) is 0 Å². The highest BCUT2D eigenvalue weighted by molar-refractivity contribution is 7.89. The number of piperidine rings is 1. The molecule has 12 heteroatoms. The second-order valence-electron chi connectivity index (χ2n) is 7.21. The van der Waals surface area contributed by atoms with Gasteiger partial charge in [-0.25, -0.2) is 8.42 Å². The number of pyridine rings is 1. The van der Waals surface area contributed by atoms with Crippen LogP contribution in [0.5, 0.6) is 0 Å². The number of alkyl halides is 3.